The Morgan fingerprint density at radius 3 is 2.20 bits per heavy atom. The summed E-state index contributed by atoms with van der Waals surface area (Å²) in [5, 5.41) is 0. The third-order valence-electron chi connectivity index (χ3n) is 2.90. The number of hydrogen-bond donors (Lipinski definition) is 0. The topological polar surface area (TPSA) is 38.8 Å². The van der Waals surface area contributed by atoms with Crippen LogP contribution in [-0.2, 0) is 14.3 Å². The first-order valence-corrected chi connectivity index (χ1v) is 5.37. The van der Waals surface area contributed by atoms with E-state index in [1.807, 2.05) is 27.7 Å². The number of methoxy groups -OCH3 is 1. The first kappa shape index (κ1) is 12.5. The van der Waals surface area contributed by atoms with Crippen LogP contribution in [0.25, 0.3) is 0 Å². The van der Waals surface area contributed by atoms with Crippen molar-refractivity contribution in [3.05, 3.63) is 0 Å². The van der Waals surface area contributed by atoms with Crippen LogP contribution in [0.2, 0.25) is 0 Å². The zero-order valence-electron chi connectivity index (χ0n) is 10.2. The molecule has 0 amide bonds. The average molecular weight is 215 g/mol. The smallest absolute Gasteiger partial charge is 0.325 e. The van der Waals surface area contributed by atoms with Gasteiger partial charge >= 0.3 is 5.97 Å². The van der Waals surface area contributed by atoms with E-state index < -0.39 is 5.54 Å². The van der Waals surface area contributed by atoms with E-state index in [1.54, 1.807) is 0 Å². The molecule has 1 rings (SSSR count). The van der Waals surface area contributed by atoms with Crippen molar-refractivity contribution in [3.63, 3.8) is 0 Å². The normalized spacial score (nSPS) is 28.9. The zero-order chi connectivity index (χ0) is 11.6. The van der Waals surface area contributed by atoms with Crippen LogP contribution in [0.4, 0.5) is 0 Å². The monoisotopic (exact) mass is 215 g/mol. The van der Waals surface area contributed by atoms with Crippen LogP contribution < -0.4 is 0 Å². The number of rotatable bonds is 2. The van der Waals surface area contributed by atoms with Gasteiger partial charge in [0.05, 0.1) is 19.3 Å². The fourth-order valence-corrected chi connectivity index (χ4v) is 2.01. The lowest BCUT2D eigenvalue weighted by Gasteiger charge is -2.43. The Kier molecular flexibility index (Phi) is 3.73. The summed E-state index contributed by atoms with van der Waals surface area (Å²) in [7, 11) is 1.43. The van der Waals surface area contributed by atoms with Gasteiger partial charge < -0.3 is 9.47 Å². The third kappa shape index (κ3) is 2.69. The molecule has 0 bridgehead atoms. The number of morpholine rings is 1. The van der Waals surface area contributed by atoms with Crippen molar-refractivity contribution in [2.45, 2.75) is 45.4 Å². The zero-order valence-corrected chi connectivity index (χ0v) is 10.2. The molecule has 2 atom stereocenters. The molecule has 1 fully saturated rings. The molecular weight excluding hydrogens is 194 g/mol. The lowest BCUT2D eigenvalue weighted by molar-refractivity contribution is -0.161. The summed E-state index contributed by atoms with van der Waals surface area (Å²) in [6.07, 6.45) is 0.329. The molecule has 0 aromatic carbocycles. The molecule has 15 heavy (non-hydrogen) atoms. The highest BCUT2D eigenvalue weighted by atomic mass is 16.5. The molecule has 1 heterocycles. The van der Waals surface area contributed by atoms with Gasteiger partial charge in [-0.25, -0.2) is 0 Å². The summed E-state index contributed by atoms with van der Waals surface area (Å²) < 4.78 is 10.4. The second kappa shape index (κ2) is 4.49. The predicted molar refractivity (Wildman–Crippen MR) is 57.7 cm³/mol. The molecule has 4 nitrogen and oxygen atoms in total. The number of hydrogen-bond acceptors (Lipinski definition) is 4. The van der Waals surface area contributed by atoms with Crippen molar-refractivity contribution >= 4 is 5.97 Å². The molecule has 0 unspecified atom stereocenters. The predicted octanol–water partition coefficient (Wildman–Crippen LogP) is 1.05. The van der Waals surface area contributed by atoms with E-state index in [4.69, 9.17) is 9.47 Å². The first-order chi connectivity index (χ1) is 6.87. The Morgan fingerprint density at radius 1 is 1.33 bits per heavy atom. The Hall–Kier alpha value is -0.610. The second-order valence-corrected chi connectivity index (χ2v) is 4.71. The minimum atomic E-state index is -0.568. The van der Waals surface area contributed by atoms with Gasteiger partial charge in [0.25, 0.3) is 0 Å². The largest absolute Gasteiger partial charge is 0.468 e. The van der Waals surface area contributed by atoms with E-state index in [2.05, 4.69) is 4.90 Å². The number of ether oxygens (including phenoxy) is 2. The van der Waals surface area contributed by atoms with Gasteiger partial charge in [-0.1, -0.05) is 0 Å². The summed E-state index contributed by atoms with van der Waals surface area (Å²) in [5.41, 5.74) is -0.568. The van der Waals surface area contributed by atoms with Crippen LogP contribution in [0.5, 0.6) is 0 Å². The molecule has 0 spiro atoms. The van der Waals surface area contributed by atoms with Crippen LogP contribution >= 0.6 is 0 Å². The van der Waals surface area contributed by atoms with Gasteiger partial charge in [-0.2, -0.15) is 0 Å². The molecule has 0 aromatic heterocycles. The summed E-state index contributed by atoms with van der Waals surface area (Å²) in [4.78, 5) is 13.8. The Balaban J connectivity index is 2.73. The third-order valence-corrected chi connectivity index (χ3v) is 2.90. The van der Waals surface area contributed by atoms with Gasteiger partial charge in [0.15, 0.2) is 0 Å². The molecule has 1 aliphatic heterocycles. The van der Waals surface area contributed by atoms with Crippen molar-refractivity contribution in [3.8, 4) is 0 Å². The maximum atomic E-state index is 11.6. The second-order valence-electron chi connectivity index (χ2n) is 4.71. The molecule has 0 radical (unpaired) electrons. The first-order valence-electron chi connectivity index (χ1n) is 5.37. The summed E-state index contributed by atoms with van der Waals surface area (Å²) in [6.45, 7) is 9.37. The van der Waals surface area contributed by atoms with Crippen molar-refractivity contribution in [2.24, 2.45) is 0 Å². The van der Waals surface area contributed by atoms with Crippen molar-refractivity contribution in [2.75, 3.05) is 20.2 Å². The number of carbonyl (C=O) groups is 1. The lowest BCUT2D eigenvalue weighted by atomic mass is 10.0. The molecule has 1 saturated heterocycles. The van der Waals surface area contributed by atoms with Crippen molar-refractivity contribution < 1.29 is 14.3 Å². The quantitative estimate of drug-likeness (QED) is 0.645. The molecule has 1 aliphatic rings. The molecule has 0 aromatic rings. The fraction of sp³-hybridized carbons (Fsp3) is 0.909. The summed E-state index contributed by atoms with van der Waals surface area (Å²) in [6, 6.07) is 0. The Morgan fingerprint density at radius 2 is 1.80 bits per heavy atom. The van der Waals surface area contributed by atoms with Crippen LogP contribution in [0, 0.1) is 0 Å². The van der Waals surface area contributed by atoms with Crippen LogP contribution in [0.15, 0.2) is 0 Å². The Labute approximate surface area is 91.5 Å². The van der Waals surface area contributed by atoms with Crippen molar-refractivity contribution in [1.82, 2.24) is 4.90 Å². The molecule has 88 valence electrons. The Bertz CT molecular complexity index is 230. The maximum Gasteiger partial charge on any atom is 0.325 e. The van der Waals surface area contributed by atoms with Gasteiger partial charge in [0, 0.05) is 13.1 Å². The van der Waals surface area contributed by atoms with Gasteiger partial charge in [0.2, 0.25) is 0 Å². The van der Waals surface area contributed by atoms with Crippen molar-refractivity contribution in [1.29, 1.82) is 0 Å². The van der Waals surface area contributed by atoms with Gasteiger partial charge in [0.1, 0.15) is 5.54 Å². The summed E-state index contributed by atoms with van der Waals surface area (Å²) in [5.74, 6) is -0.191. The molecule has 0 aliphatic carbocycles. The van der Waals surface area contributed by atoms with Gasteiger partial charge in [-0.3, -0.25) is 9.69 Å². The highest BCUT2D eigenvalue weighted by Gasteiger charge is 2.39. The SMILES string of the molecule is COC(=O)C(C)(C)N1C[C@H](C)O[C@@H](C)C1. The summed E-state index contributed by atoms with van der Waals surface area (Å²) >= 11 is 0. The van der Waals surface area contributed by atoms with Crippen LogP contribution in [-0.4, -0.2) is 48.8 Å². The van der Waals surface area contributed by atoms with E-state index in [0.717, 1.165) is 13.1 Å². The minimum absolute atomic E-state index is 0.165. The fourth-order valence-electron chi connectivity index (χ4n) is 2.01. The molecule has 0 N–H and O–H groups in total. The van der Waals surface area contributed by atoms with E-state index in [1.165, 1.54) is 7.11 Å². The van der Waals surface area contributed by atoms with E-state index in [-0.39, 0.29) is 18.2 Å². The van der Waals surface area contributed by atoms with Gasteiger partial charge in [-0.05, 0) is 27.7 Å². The molecular formula is C11H21NO3. The average Bonchev–Trinajstić information content (AvgIpc) is 2.15. The number of nitrogens with zero attached hydrogens (tertiary/aromatic N) is 1. The highest BCUT2D eigenvalue weighted by molar-refractivity contribution is 5.79. The lowest BCUT2D eigenvalue weighted by Crippen LogP contribution is -2.58. The highest BCUT2D eigenvalue weighted by Crippen LogP contribution is 2.22. The van der Waals surface area contributed by atoms with Crippen LogP contribution in [0.3, 0.4) is 0 Å². The van der Waals surface area contributed by atoms with E-state index in [0.29, 0.717) is 0 Å². The standard InChI is InChI=1S/C11H21NO3/c1-8-6-12(7-9(2)15-8)11(3,4)10(13)14-5/h8-9H,6-7H2,1-5H3/t8-,9-/m0/s1. The van der Waals surface area contributed by atoms with E-state index >= 15 is 0 Å². The minimum Gasteiger partial charge on any atom is -0.468 e. The van der Waals surface area contributed by atoms with Crippen LogP contribution in [0.1, 0.15) is 27.7 Å². The maximum absolute atomic E-state index is 11.6. The van der Waals surface area contributed by atoms with E-state index in [9.17, 15) is 4.79 Å². The number of carbonyl (C=O) groups excluding carboxylic acids is 1. The van der Waals surface area contributed by atoms with Gasteiger partial charge in [-0.15, -0.1) is 0 Å². The molecule has 0 saturated carbocycles. The molecule has 4 heteroatoms. The number of esters is 1.